The fourth-order valence-electron chi connectivity index (χ4n) is 3.02. The molecule has 160 valence electrons. The van der Waals surface area contributed by atoms with Crippen LogP contribution in [0, 0.1) is 0 Å². The van der Waals surface area contributed by atoms with E-state index in [-0.39, 0.29) is 11.4 Å². The molecule has 0 fully saturated rings. The molecule has 2 amide bonds. The van der Waals surface area contributed by atoms with Crippen LogP contribution in [0.4, 0.5) is 14.9 Å². The van der Waals surface area contributed by atoms with Crippen LogP contribution in [-0.2, 0) is 0 Å². The number of fused-ring (bicyclic) bond motifs is 1. The highest BCUT2D eigenvalue weighted by atomic mass is 19.1. The van der Waals surface area contributed by atoms with Gasteiger partial charge >= 0.3 is 6.09 Å². The molecule has 1 aromatic rings. The number of amides is 2. The lowest BCUT2D eigenvalue weighted by Crippen LogP contribution is -2.43. The van der Waals surface area contributed by atoms with E-state index in [1.165, 1.54) is 0 Å². The summed E-state index contributed by atoms with van der Waals surface area (Å²) < 4.78 is 19.5. The SMILES string of the molecule is CC(C)(C)NC(=O)c1ccc2c(c1)NCC(C(=CF)CCC(C)(C)NC(=O)O)O2. The van der Waals surface area contributed by atoms with E-state index in [9.17, 15) is 14.0 Å². The smallest absolute Gasteiger partial charge is 0.405 e. The summed E-state index contributed by atoms with van der Waals surface area (Å²) in [6, 6.07) is 5.08. The Kier molecular flexibility index (Phi) is 6.77. The molecule has 2 rings (SSSR count). The number of halogens is 1. The maximum Gasteiger partial charge on any atom is 0.405 e. The van der Waals surface area contributed by atoms with Gasteiger partial charge in [-0.15, -0.1) is 0 Å². The van der Waals surface area contributed by atoms with Crippen LogP contribution in [-0.4, -0.2) is 40.8 Å². The van der Waals surface area contributed by atoms with Gasteiger partial charge in [-0.2, -0.15) is 0 Å². The molecule has 1 unspecified atom stereocenters. The predicted molar refractivity (Wildman–Crippen MR) is 110 cm³/mol. The Balaban J connectivity index is 2.04. The quantitative estimate of drug-likeness (QED) is 0.570. The fourth-order valence-corrected chi connectivity index (χ4v) is 3.02. The Morgan fingerprint density at radius 3 is 2.55 bits per heavy atom. The van der Waals surface area contributed by atoms with Crippen LogP contribution in [0.5, 0.6) is 5.75 Å². The zero-order chi connectivity index (χ0) is 21.8. The van der Waals surface area contributed by atoms with E-state index in [1.807, 2.05) is 20.8 Å². The van der Waals surface area contributed by atoms with Gasteiger partial charge in [-0.1, -0.05) is 0 Å². The summed E-state index contributed by atoms with van der Waals surface area (Å²) in [4.78, 5) is 23.2. The Morgan fingerprint density at radius 2 is 1.97 bits per heavy atom. The number of hydrogen-bond donors (Lipinski definition) is 4. The minimum atomic E-state index is -1.11. The largest absolute Gasteiger partial charge is 0.482 e. The molecular weight excluding hydrogens is 377 g/mol. The first-order chi connectivity index (χ1) is 13.4. The first-order valence-electron chi connectivity index (χ1n) is 9.57. The van der Waals surface area contributed by atoms with Gasteiger partial charge in [0.15, 0.2) is 0 Å². The molecule has 0 bridgehead atoms. The molecule has 1 atom stereocenters. The van der Waals surface area contributed by atoms with Crippen LogP contribution in [0.15, 0.2) is 30.1 Å². The number of hydrogen-bond acceptors (Lipinski definition) is 4. The molecule has 1 aliphatic rings. The number of benzene rings is 1. The van der Waals surface area contributed by atoms with Crippen molar-refractivity contribution in [2.45, 2.75) is 64.6 Å². The minimum Gasteiger partial charge on any atom is -0.482 e. The standard InChI is InChI=1S/C21H30FN3O4/c1-20(2,3)24-18(26)13-6-7-16-15(10-13)23-12-17(29-16)14(11-22)8-9-21(4,5)25-19(27)28/h6-7,10-11,17,23,25H,8-9,12H2,1-5H3,(H,24,26)(H,27,28). The topological polar surface area (TPSA) is 99.7 Å². The van der Waals surface area contributed by atoms with Gasteiger partial charge in [0, 0.05) is 22.2 Å². The number of nitrogens with one attached hydrogen (secondary N) is 3. The lowest BCUT2D eigenvalue weighted by Gasteiger charge is -2.31. The third kappa shape index (κ3) is 6.66. The summed E-state index contributed by atoms with van der Waals surface area (Å²) in [6.07, 6.45) is -0.330. The third-order valence-electron chi connectivity index (χ3n) is 4.52. The van der Waals surface area contributed by atoms with Gasteiger partial charge in [0.25, 0.3) is 5.91 Å². The van der Waals surface area contributed by atoms with Gasteiger partial charge in [0.1, 0.15) is 11.9 Å². The van der Waals surface area contributed by atoms with Gasteiger partial charge in [-0.3, -0.25) is 4.79 Å². The lowest BCUT2D eigenvalue weighted by molar-refractivity contribution is 0.0919. The highest BCUT2D eigenvalue weighted by Gasteiger charge is 2.27. The summed E-state index contributed by atoms with van der Waals surface area (Å²) in [5, 5.41) is 17.4. The van der Waals surface area contributed by atoms with Crippen LogP contribution >= 0.6 is 0 Å². The second-order valence-electron chi connectivity index (χ2n) is 8.90. The highest BCUT2D eigenvalue weighted by Crippen LogP contribution is 2.33. The van der Waals surface area contributed by atoms with Crippen LogP contribution < -0.4 is 20.7 Å². The Hall–Kier alpha value is -2.77. The van der Waals surface area contributed by atoms with E-state index < -0.39 is 17.7 Å². The van der Waals surface area contributed by atoms with Crippen molar-refractivity contribution in [1.82, 2.24) is 10.6 Å². The summed E-state index contributed by atoms with van der Waals surface area (Å²) in [6.45, 7) is 9.57. The molecule has 0 aromatic heterocycles. The van der Waals surface area contributed by atoms with Crippen molar-refractivity contribution in [2.75, 3.05) is 11.9 Å². The molecule has 1 aromatic carbocycles. The van der Waals surface area contributed by atoms with Crippen LogP contribution in [0.2, 0.25) is 0 Å². The zero-order valence-electron chi connectivity index (χ0n) is 17.6. The first kappa shape index (κ1) is 22.5. The third-order valence-corrected chi connectivity index (χ3v) is 4.52. The van der Waals surface area contributed by atoms with Crippen molar-refractivity contribution in [3.05, 3.63) is 35.7 Å². The average Bonchev–Trinajstić information content (AvgIpc) is 2.59. The van der Waals surface area contributed by atoms with Gasteiger partial charge in [0.2, 0.25) is 0 Å². The molecule has 0 aliphatic carbocycles. The normalized spacial score (nSPS) is 16.9. The van der Waals surface area contributed by atoms with Crippen molar-refractivity contribution in [2.24, 2.45) is 0 Å². The molecule has 0 saturated heterocycles. The molecule has 1 aliphatic heterocycles. The van der Waals surface area contributed by atoms with Gasteiger partial charge in [-0.05, 0) is 65.7 Å². The molecule has 7 nitrogen and oxygen atoms in total. The predicted octanol–water partition coefficient (Wildman–Crippen LogP) is 4.07. The first-order valence-corrected chi connectivity index (χ1v) is 9.57. The van der Waals surface area contributed by atoms with E-state index >= 15 is 0 Å². The van der Waals surface area contributed by atoms with Crippen molar-refractivity contribution in [1.29, 1.82) is 0 Å². The maximum atomic E-state index is 13.5. The number of carbonyl (C=O) groups excluding carboxylic acids is 1. The van der Waals surface area contributed by atoms with E-state index in [0.717, 1.165) is 0 Å². The maximum absolute atomic E-state index is 13.5. The summed E-state index contributed by atoms with van der Waals surface area (Å²) in [7, 11) is 0. The van der Waals surface area contributed by atoms with E-state index in [0.29, 0.717) is 48.3 Å². The number of anilines is 1. The summed E-state index contributed by atoms with van der Waals surface area (Å²) in [5.74, 6) is 0.359. The molecule has 0 radical (unpaired) electrons. The van der Waals surface area contributed by atoms with Crippen molar-refractivity contribution < 1.29 is 23.8 Å². The lowest BCUT2D eigenvalue weighted by atomic mass is 9.93. The molecule has 8 heteroatoms. The van der Waals surface area contributed by atoms with Crippen molar-refractivity contribution in [3.63, 3.8) is 0 Å². The molecule has 1 heterocycles. The second kappa shape index (κ2) is 8.71. The van der Waals surface area contributed by atoms with E-state index in [1.54, 1.807) is 32.0 Å². The van der Waals surface area contributed by atoms with Crippen LogP contribution in [0.25, 0.3) is 0 Å². The monoisotopic (exact) mass is 407 g/mol. The molecular formula is C21H30FN3O4. The minimum absolute atomic E-state index is 0.179. The highest BCUT2D eigenvalue weighted by molar-refractivity contribution is 5.96. The molecule has 29 heavy (non-hydrogen) atoms. The average molecular weight is 407 g/mol. The van der Waals surface area contributed by atoms with Crippen LogP contribution in [0.3, 0.4) is 0 Å². The fraction of sp³-hybridized carbons (Fsp3) is 0.524. The Labute approximate surface area is 170 Å². The molecule has 0 saturated carbocycles. The van der Waals surface area contributed by atoms with E-state index in [4.69, 9.17) is 9.84 Å². The summed E-state index contributed by atoms with van der Waals surface area (Å²) in [5.41, 5.74) is 0.601. The van der Waals surface area contributed by atoms with Gasteiger partial charge in [-0.25, -0.2) is 9.18 Å². The molecule has 4 N–H and O–H groups in total. The van der Waals surface area contributed by atoms with Crippen molar-refractivity contribution >= 4 is 17.7 Å². The Morgan fingerprint density at radius 1 is 1.28 bits per heavy atom. The number of carbonyl (C=O) groups is 2. The number of rotatable bonds is 6. The number of ether oxygens (including phenoxy) is 1. The van der Waals surface area contributed by atoms with Gasteiger partial charge < -0.3 is 25.8 Å². The van der Waals surface area contributed by atoms with Crippen LogP contribution in [0.1, 0.15) is 57.8 Å². The number of carboxylic acid groups (broad SMARTS) is 1. The second-order valence-corrected chi connectivity index (χ2v) is 8.90. The summed E-state index contributed by atoms with van der Waals surface area (Å²) >= 11 is 0. The van der Waals surface area contributed by atoms with E-state index in [2.05, 4.69) is 16.0 Å². The Bertz CT molecular complexity index is 800. The zero-order valence-corrected chi connectivity index (χ0v) is 17.6. The van der Waals surface area contributed by atoms with Crippen molar-refractivity contribution in [3.8, 4) is 5.75 Å². The molecule has 0 spiro atoms. The van der Waals surface area contributed by atoms with Gasteiger partial charge in [0.05, 0.1) is 18.6 Å².